The Balaban J connectivity index is 1.45. The lowest BCUT2D eigenvalue weighted by molar-refractivity contribution is -0.0500. The topological polar surface area (TPSA) is 100.0 Å². The van der Waals surface area contributed by atoms with Gasteiger partial charge in [-0.3, -0.25) is 4.39 Å². The van der Waals surface area contributed by atoms with Gasteiger partial charge in [0, 0.05) is 17.7 Å². The second kappa shape index (κ2) is 10.8. The summed E-state index contributed by atoms with van der Waals surface area (Å²) < 4.78 is 18.3. The molecule has 10 heteroatoms. The molecule has 2 unspecified atom stereocenters. The predicted octanol–water partition coefficient (Wildman–Crippen LogP) is 4.21. The SMILES string of the molecule is O=C(O)c1csc(SCCN2C(=O)OCC2CCC(O)C2(CCCCF)CCC2)n1. The molecule has 1 aromatic rings. The Labute approximate surface area is 184 Å². The van der Waals surface area contributed by atoms with Crippen LogP contribution in [0.4, 0.5) is 9.18 Å². The van der Waals surface area contributed by atoms with Gasteiger partial charge in [0.1, 0.15) is 6.61 Å². The number of alkyl halides is 1. The molecule has 2 heterocycles. The van der Waals surface area contributed by atoms with E-state index in [0.29, 0.717) is 42.5 Å². The van der Waals surface area contributed by atoms with E-state index in [-0.39, 0.29) is 29.9 Å². The summed E-state index contributed by atoms with van der Waals surface area (Å²) in [6, 6.07) is -0.0680. The number of carboxylic acid groups (broad SMARTS) is 1. The third-order valence-electron chi connectivity index (χ3n) is 6.22. The van der Waals surface area contributed by atoms with Crippen LogP contribution in [0.2, 0.25) is 0 Å². The highest BCUT2D eigenvalue weighted by atomic mass is 32.2. The van der Waals surface area contributed by atoms with Gasteiger partial charge < -0.3 is 19.8 Å². The van der Waals surface area contributed by atoms with Gasteiger partial charge in [-0.2, -0.15) is 0 Å². The number of halogens is 1. The molecule has 0 spiro atoms. The summed E-state index contributed by atoms with van der Waals surface area (Å²) in [6.07, 6.45) is 5.83. The number of hydrogen-bond donors (Lipinski definition) is 2. The van der Waals surface area contributed by atoms with E-state index in [2.05, 4.69) is 4.98 Å². The zero-order valence-corrected chi connectivity index (χ0v) is 18.6. The summed E-state index contributed by atoms with van der Waals surface area (Å²) in [5, 5.41) is 21.2. The van der Waals surface area contributed by atoms with E-state index in [1.807, 2.05) is 0 Å². The monoisotopic (exact) mass is 460 g/mol. The van der Waals surface area contributed by atoms with Gasteiger partial charge in [-0.1, -0.05) is 24.6 Å². The maximum Gasteiger partial charge on any atom is 0.410 e. The largest absolute Gasteiger partial charge is 0.476 e. The van der Waals surface area contributed by atoms with Gasteiger partial charge in [0.25, 0.3) is 0 Å². The summed E-state index contributed by atoms with van der Waals surface area (Å²) in [7, 11) is 0. The lowest BCUT2D eigenvalue weighted by Crippen LogP contribution is -2.43. The maximum absolute atomic E-state index is 12.4. The summed E-state index contributed by atoms with van der Waals surface area (Å²) in [5.74, 6) is -0.456. The van der Waals surface area contributed by atoms with Crippen LogP contribution in [0.5, 0.6) is 0 Å². The number of aromatic carboxylic acids is 1. The van der Waals surface area contributed by atoms with Crippen LogP contribution in [0, 0.1) is 5.41 Å². The van der Waals surface area contributed by atoms with Crippen molar-refractivity contribution in [1.82, 2.24) is 9.88 Å². The number of thioether (sulfide) groups is 1. The first-order valence-electron chi connectivity index (χ1n) is 10.4. The Morgan fingerprint density at radius 2 is 2.27 bits per heavy atom. The highest BCUT2D eigenvalue weighted by Crippen LogP contribution is 2.49. The first-order chi connectivity index (χ1) is 14.4. The Kier molecular flexibility index (Phi) is 8.35. The summed E-state index contributed by atoms with van der Waals surface area (Å²) in [6.45, 7) is 0.499. The van der Waals surface area contributed by atoms with Gasteiger partial charge >= 0.3 is 12.1 Å². The molecule has 168 valence electrons. The standard InChI is InChI=1S/C20H29FN2O5S2/c21-9-2-1-6-20(7-3-8-20)16(24)5-4-14-12-28-19(27)23(14)10-11-29-18-22-15(13-30-18)17(25)26/h13-14,16,24H,1-12H2,(H,25,26). The first kappa shape index (κ1) is 23.3. The molecule has 1 aliphatic carbocycles. The highest BCUT2D eigenvalue weighted by molar-refractivity contribution is 8.01. The number of cyclic esters (lactones) is 1. The fourth-order valence-corrected chi connectivity index (χ4v) is 6.07. The molecule has 1 saturated carbocycles. The summed E-state index contributed by atoms with van der Waals surface area (Å²) in [5.41, 5.74) is -0.0437. The van der Waals surface area contributed by atoms with Crippen molar-refractivity contribution in [2.75, 3.05) is 25.6 Å². The molecule has 1 saturated heterocycles. The van der Waals surface area contributed by atoms with Crippen molar-refractivity contribution in [3.8, 4) is 0 Å². The van der Waals surface area contributed by atoms with Crippen molar-refractivity contribution in [2.24, 2.45) is 5.41 Å². The molecule has 30 heavy (non-hydrogen) atoms. The number of nitrogens with zero attached hydrogens (tertiary/aromatic N) is 2. The van der Waals surface area contributed by atoms with Crippen LogP contribution in [0.3, 0.4) is 0 Å². The third-order valence-corrected chi connectivity index (χ3v) is 8.22. The molecule has 2 atom stereocenters. The minimum atomic E-state index is -1.05. The van der Waals surface area contributed by atoms with Crippen LogP contribution in [0.25, 0.3) is 0 Å². The Bertz CT molecular complexity index is 728. The smallest absolute Gasteiger partial charge is 0.410 e. The fourth-order valence-electron chi connectivity index (χ4n) is 4.26. The van der Waals surface area contributed by atoms with E-state index in [0.717, 1.165) is 32.1 Å². The molecule has 2 aliphatic rings. The second-order valence-corrected chi connectivity index (χ2v) is 10.2. The van der Waals surface area contributed by atoms with Crippen LogP contribution in [0.15, 0.2) is 9.72 Å². The Morgan fingerprint density at radius 1 is 1.47 bits per heavy atom. The van der Waals surface area contributed by atoms with Crippen LogP contribution < -0.4 is 0 Å². The lowest BCUT2D eigenvalue weighted by Gasteiger charge is -2.46. The minimum Gasteiger partial charge on any atom is -0.476 e. The van der Waals surface area contributed by atoms with E-state index in [4.69, 9.17) is 9.84 Å². The quantitative estimate of drug-likeness (QED) is 0.336. The van der Waals surface area contributed by atoms with E-state index >= 15 is 0 Å². The first-order valence-corrected chi connectivity index (χ1v) is 12.3. The molecule has 1 amide bonds. The van der Waals surface area contributed by atoms with Crippen LogP contribution >= 0.6 is 23.1 Å². The number of aliphatic hydroxyl groups excluding tert-OH is 1. The molecule has 0 aromatic carbocycles. The number of ether oxygens (including phenoxy) is 1. The van der Waals surface area contributed by atoms with E-state index in [9.17, 15) is 19.1 Å². The van der Waals surface area contributed by atoms with Gasteiger partial charge in [0.15, 0.2) is 10.0 Å². The molecule has 7 nitrogen and oxygen atoms in total. The number of aliphatic hydroxyl groups is 1. The van der Waals surface area contributed by atoms with Crippen molar-refractivity contribution >= 4 is 35.2 Å². The van der Waals surface area contributed by atoms with E-state index in [1.54, 1.807) is 4.90 Å². The molecule has 2 fully saturated rings. The average Bonchev–Trinajstić information content (AvgIpc) is 3.30. The van der Waals surface area contributed by atoms with Gasteiger partial charge in [-0.05, 0) is 43.9 Å². The number of carbonyl (C=O) groups is 2. The van der Waals surface area contributed by atoms with Crippen molar-refractivity contribution in [2.45, 2.75) is 67.9 Å². The van der Waals surface area contributed by atoms with Crippen molar-refractivity contribution < 1.29 is 28.9 Å². The molecular weight excluding hydrogens is 431 g/mol. The van der Waals surface area contributed by atoms with Crippen molar-refractivity contribution in [3.63, 3.8) is 0 Å². The molecular formula is C20H29FN2O5S2. The summed E-state index contributed by atoms with van der Waals surface area (Å²) >= 11 is 2.69. The highest BCUT2D eigenvalue weighted by Gasteiger charge is 2.43. The van der Waals surface area contributed by atoms with Crippen LogP contribution in [-0.2, 0) is 4.74 Å². The molecule has 3 rings (SSSR count). The number of aromatic nitrogens is 1. The molecule has 1 aliphatic heterocycles. The number of carboxylic acids is 1. The Hall–Kier alpha value is -1.39. The zero-order chi connectivity index (χ0) is 21.6. The molecule has 2 N–H and O–H groups in total. The van der Waals surface area contributed by atoms with E-state index < -0.39 is 12.1 Å². The summed E-state index contributed by atoms with van der Waals surface area (Å²) in [4.78, 5) is 28.8. The van der Waals surface area contributed by atoms with Gasteiger partial charge in [-0.25, -0.2) is 14.6 Å². The minimum absolute atomic E-state index is 0.0337. The number of amides is 1. The maximum atomic E-state index is 12.4. The van der Waals surface area contributed by atoms with Crippen molar-refractivity contribution in [1.29, 1.82) is 0 Å². The van der Waals surface area contributed by atoms with Gasteiger partial charge in [0.2, 0.25) is 0 Å². The number of rotatable bonds is 13. The Morgan fingerprint density at radius 3 is 2.90 bits per heavy atom. The van der Waals surface area contributed by atoms with Gasteiger partial charge in [-0.15, -0.1) is 11.3 Å². The molecule has 1 aromatic heterocycles. The number of hydrogen-bond acceptors (Lipinski definition) is 7. The van der Waals surface area contributed by atoms with Crippen molar-refractivity contribution in [3.05, 3.63) is 11.1 Å². The third kappa shape index (κ3) is 5.64. The normalized spacial score (nSPS) is 21.3. The second-order valence-electron chi connectivity index (χ2n) is 8.03. The number of thiazole rings is 1. The number of unbranched alkanes of at least 4 members (excludes halogenated alkanes) is 1. The average molecular weight is 461 g/mol. The van der Waals surface area contributed by atoms with Crippen LogP contribution in [0.1, 0.15) is 61.9 Å². The fraction of sp³-hybridized carbons (Fsp3) is 0.750. The van der Waals surface area contributed by atoms with Crippen LogP contribution in [-0.4, -0.2) is 69.9 Å². The molecule has 0 radical (unpaired) electrons. The molecule has 0 bridgehead atoms. The van der Waals surface area contributed by atoms with Gasteiger partial charge in [0.05, 0.1) is 18.8 Å². The predicted molar refractivity (Wildman–Crippen MR) is 113 cm³/mol. The zero-order valence-electron chi connectivity index (χ0n) is 16.9. The van der Waals surface area contributed by atoms with E-state index in [1.165, 1.54) is 28.5 Å². The lowest BCUT2D eigenvalue weighted by atomic mass is 9.61. The number of carbonyl (C=O) groups excluding carboxylic acids is 1.